The van der Waals surface area contributed by atoms with Crippen LogP contribution in [-0.2, 0) is 9.22 Å². The number of rotatable bonds is 13. The summed E-state index contributed by atoms with van der Waals surface area (Å²) in [5, 5.41) is 0.374. The van der Waals surface area contributed by atoms with Crippen LogP contribution < -0.4 is 0 Å². The van der Waals surface area contributed by atoms with E-state index in [2.05, 4.69) is 31.8 Å². The zero-order valence-electron chi connectivity index (χ0n) is 15.6. The maximum absolute atomic E-state index is 11.8. The van der Waals surface area contributed by atoms with Crippen LogP contribution >= 0.6 is 11.8 Å². The first-order chi connectivity index (χ1) is 10.3. The van der Waals surface area contributed by atoms with Crippen LogP contribution in [0.2, 0.25) is 19.1 Å². The molecular weight excluding hydrogens is 310 g/mol. The van der Waals surface area contributed by atoms with Gasteiger partial charge >= 0.3 is 0 Å². The molecule has 0 aliphatic rings. The molecule has 1 atom stereocenters. The normalized spacial score (nSPS) is 13.6. The lowest BCUT2D eigenvalue weighted by molar-refractivity contribution is -0.111. The van der Waals surface area contributed by atoms with Crippen molar-refractivity contribution < 1.29 is 9.22 Å². The second kappa shape index (κ2) is 12.6. The van der Waals surface area contributed by atoms with Gasteiger partial charge in [-0.25, -0.2) is 0 Å². The van der Waals surface area contributed by atoms with E-state index < -0.39 is 8.32 Å². The summed E-state index contributed by atoms with van der Waals surface area (Å²) in [4.78, 5) is 13.9. The van der Waals surface area contributed by atoms with E-state index in [4.69, 9.17) is 4.43 Å². The molecule has 0 bridgehead atoms. The Kier molecular flexibility index (Phi) is 12.7. The maximum Gasteiger partial charge on any atom is 0.188 e. The summed E-state index contributed by atoms with van der Waals surface area (Å²) in [7, 11) is 2.48. The van der Waals surface area contributed by atoms with Crippen LogP contribution in [0.4, 0.5) is 0 Å². The van der Waals surface area contributed by atoms with Crippen molar-refractivity contribution in [3.8, 4) is 0 Å². The van der Waals surface area contributed by atoms with Crippen LogP contribution in [0.5, 0.6) is 0 Å². The number of carbonyl (C=O) groups is 1. The highest BCUT2D eigenvalue weighted by molar-refractivity contribution is 8.13. The molecule has 0 amide bonds. The quantitative estimate of drug-likeness (QED) is 0.262. The fourth-order valence-electron chi connectivity index (χ4n) is 2.26. The Balaban J connectivity index is 3.67. The minimum absolute atomic E-state index is 0.180. The molecule has 0 aromatic heterocycles. The van der Waals surface area contributed by atoms with Crippen LogP contribution in [0.1, 0.15) is 58.8 Å². The summed E-state index contributed by atoms with van der Waals surface area (Å²) in [5.41, 5.74) is 0. The van der Waals surface area contributed by atoms with E-state index in [1.54, 1.807) is 0 Å². The number of nitrogens with zero attached hydrogens (tertiary/aromatic N) is 1. The molecule has 0 heterocycles. The second-order valence-corrected chi connectivity index (χ2v) is 12.3. The zero-order valence-corrected chi connectivity index (χ0v) is 17.4. The van der Waals surface area contributed by atoms with Gasteiger partial charge in [-0.1, -0.05) is 44.4 Å². The average Bonchev–Trinajstić information content (AvgIpc) is 2.43. The molecule has 3 nitrogen and oxygen atoms in total. The number of unbranched alkanes of at least 4 members (excludes halogenated alkanes) is 4. The van der Waals surface area contributed by atoms with Gasteiger partial charge in [-0.3, -0.25) is 9.69 Å². The van der Waals surface area contributed by atoms with Gasteiger partial charge in [0.2, 0.25) is 0 Å². The van der Waals surface area contributed by atoms with Gasteiger partial charge in [0.1, 0.15) is 0 Å². The average molecular weight is 348 g/mol. The molecule has 0 rings (SSSR count). The lowest BCUT2D eigenvalue weighted by Gasteiger charge is -2.30. The van der Waals surface area contributed by atoms with E-state index in [0.717, 1.165) is 31.1 Å². The van der Waals surface area contributed by atoms with E-state index in [1.165, 1.54) is 37.4 Å². The summed E-state index contributed by atoms with van der Waals surface area (Å²) in [6.45, 7) is 8.86. The van der Waals surface area contributed by atoms with Crippen LogP contribution in [0.3, 0.4) is 0 Å². The van der Waals surface area contributed by atoms with Crippen molar-refractivity contribution in [2.75, 3.05) is 19.8 Å². The van der Waals surface area contributed by atoms with Crippen molar-refractivity contribution in [3.05, 3.63) is 0 Å². The van der Waals surface area contributed by atoms with Crippen molar-refractivity contribution in [3.63, 3.8) is 0 Å². The third-order valence-corrected chi connectivity index (χ3v) is 7.44. The number of thioether (sulfide) groups is 1. The summed E-state index contributed by atoms with van der Waals surface area (Å²) in [6.07, 6.45) is 8.12. The molecule has 5 heteroatoms. The van der Waals surface area contributed by atoms with E-state index >= 15 is 0 Å². The van der Waals surface area contributed by atoms with Gasteiger partial charge in [-0.15, -0.1) is 0 Å². The van der Waals surface area contributed by atoms with Gasteiger partial charge in [-0.05, 0) is 53.0 Å². The molecule has 1 unspecified atom stereocenters. The van der Waals surface area contributed by atoms with Crippen molar-refractivity contribution in [2.24, 2.45) is 0 Å². The molecule has 0 saturated carbocycles. The smallest absolute Gasteiger partial charge is 0.188 e. The van der Waals surface area contributed by atoms with Crippen molar-refractivity contribution >= 4 is 25.2 Å². The Morgan fingerprint density at radius 3 is 2.36 bits per heavy atom. The first-order valence-electron chi connectivity index (χ1n) is 8.78. The lowest BCUT2D eigenvalue weighted by Crippen LogP contribution is -2.40. The van der Waals surface area contributed by atoms with Gasteiger partial charge in [0.15, 0.2) is 13.4 Å². The summed E-state index contributed by atoms with van der Waals surface area (Å²) < 4.78 is 6.18. The monoisotopic (exact) mass is 347 g/mol. The molecule has 0 aromatic rings. The van der Waals surface area contributed by atoms with Gasteiger partial charge in [0, 0.05) is 12.2 Å². The van der Waals surface area contributed by atoms with Crippen LogP contribution in [0.25, 0.3) is 0 Å². The molecule has 0 saturated heterocycles. The Bertz CT molecular complexity index is 298. The van der Waals surface area contributed by atoms with Crippen LogP contribution in [0.15, 0.2) is 0 Å². The fraction of sp³-hybridized carbons (Fsp3) is 0.941. The molecule has 0 radical (unpaired) electrons. The molecule has 0 aliphatic heterocycles. The van der Waals surface area contributed by atoms with E-state index in [-0.39, 0.29) is 6.23 Å². The summed E-state index contributed by atoms with van der Waals surface area (Å²) in [5.74, 6) is 0.948. The van der Waals surface area contributed by atoms with Gasteiger partial charge < -0.3 is 4.43 Å². The zero-order chi connectivity index (χ0) is 17.0. The molecule has 0 spiro atoms. The van der Waals surface area contributed by atoms with Crippen molar-refractivity contribution in [2.45, 2.75) is 84.2 Å². The largest absolute Gasteiger partial charge is 0.402 e. The van der Waals surface area contributed by atoms with Crippen molar-refractivity contribution in [1.29, 1.82) is 0 Å². The molecule has 0 aromatic carbocycles. The Morgan fingerprint density at radius 2 is 1.77 bits per heavy atom. The third kappa shape index (κ3) is 12.7. The van der Waals surface area contributed by atoms with E-state index in [9.17, 15) is 4.79 Å². The number of hydrogen-bond acceptors (Lipinski definition) is 4. The van der Waals surface area contributed by atoms with E-state index in [1.807, 2.05) is 14.1 Å². The standard InChI is InChI=1S/C17H37NO2SSi/c1-7-8-9-10-11-13-17(19)21-14-12-15-22(5,6)20-16(2)18(3)4/h16H,7-15H2,1-6H3. The molecule has 0 aliphatic carbocycles. The Labute approximate surface area is 143 Å². The lowest BCUT2D eigenvalue weighted by atomic mass is 10.1. The summed E-state index contributed by atoms with van der Waals surface area (Å²) in [6, 6.07) is 1.13. The number of hydrogen-bond donors (Lipinski definition) is 0. The molecular formula is C17H37NO2SSi. The molecule has 0 fully saturated rings. The topological polar surface area (TPSA) is 29.5 Å². The second-order valence-electron chi connectivity index (χ2n) is 6.93. The maximum atomic E-state index is 11.8. The molecule has 132 valence electrons. The summed E-state index contributed by atoms with van der Waals surface area (Å²) >= 11 is 1.52. The Morgan fingerprint density at radius 1 is 1.14 bits per heavy atom. The third-order valence-electron chi connectivity index (χ3n) is 3.89. The predicted molar refractivity (Wildman–Crippen MR) is 102 cm³/mol. The van der Waals surface area contributed by atoms with Gasteiger partial charge in [-0.2, -0.15) is 0 Å². The molecule has 22 heavy (non-hydrogen) atoms. The van der Waals surface area contributed by atoms with Crippen LogP contribution in [0, 0.1) is 0 Å². The highest BCUT2D eigenvalue weighted by atomic mass is 32.2. The highest BCUT2D eigenvalue weighted by Crippen LogP contribution is 2.20. The predicted octanol–water partition coefficient (Wildman–Crippen LogP) is 5.13. The first-order valence-corrected chi connectivity index (χ1v) is 12.9. The fourth-order valence-corrected chi connectivity index (χ4v) is 5.60. The Hall–Kier alpha value is 0.157. The minimum atomic E-state index is -1.61. The van der Waals surface area contributed by atoms with Gasteiger partial charge in [0.05, 0.1) is 6.23 Å². The highest BCUT2D eigenvalue weighted by Gasteiger charge is 2.25. The van der Waals surface area contributed by atoms with Crippen molar-refractivity contribution in [1.82, 2.24) is 4.90 Å². The molecule has 0 N–H and O–H groups in total. The number of carbonyl (C=O) groups excluding carboxylic acids is 1. The van der Waals surface area contributed by atoms with Crippen LogP contribution in [-0.4, -0.2) is 44.4 Å². The SMILES string of the molecule is CCCCCCCC(=O)SCCC[Si](C)(C)OC(C)N(C)C. The van der Waals surface area contributed by atoms with Gasteiger partial charge in [0.25, 0.3) is 0 Å². The first kappa shape index (κ1) is 22.2. The van der Waals surface area contributed by atoms with E-state index in [0.29, 0.717) is 5.12 Å². The minimum Gasteiger partial charge on any atom is -0.402 e.